The molecular formula is C17H18N2O. The summed E-state index contributed by atoms with van der Waals surface area (Å²) >= 11 is 0. The van der Waals surface area contributed by atoms with E-state index >= 15 is 0 Å². The second-order valence-corrected chi connectivity index (χ2v) is 5.65. The van der Waals surface area contributed by atoms with Crippen LogP contribution in [0.3, 0.4) is 0 Å². The molecule has 0 saturated heterocycles. The fraction of sp³-hybridized carbons (Fsp3) is 0.353. The molecule has 0 fully saturated rings. The standard InChI is InChI=1S/C17H18N2O/c1-20-13-7-9-14-12(10-13)6-8-15-16(18-19-17(14)15)11-4-2-3-5-11/h2-4,7,9-10,15-16,18H,5-6,8H2,1H3. The van der Waals surface area contributed by atoms with E-state index in [0.717, 1.165) is 25.0 Å². The first-order valence-electron chi connectivity index (χ1n) is 7.23. The van der Waals surface area contributed by atoms with Gasteiger partial charge in [-0.15, -0.1) is 0 Å². The number of aryl methyl sites for hydroxylation is 1. The van der Waals surface area contributed by atoms with Gasteiger partial charge in [-0.25, -0.2) is 0 Å². The summed E-state index contributed by atoms with van der Waals surface area (Å²) in [5.74, 6) is 1.45. The van der Waals surface area contributed by atoms with Gasteiger partial charge in [0.05, 0.1) is 18.9 Å². The van der Waals surface area contributed by atoms with Crippen molar-refractivity contribution in [3.63, 3.8) is 0 Å². The van der Waals surface area contributed by atoms with Gasteiger partial charge in [-0.2, -0.15) is 5.10 Å². The molecule has 0 radical (unpaired) electrons. The molecule has 3 aliphatic rings. The number of hydrogen-bond donors (Lipinski definition) is 1. The minimum atomic E-state index is 0.384. The Morgan fingerprint density at radius 3 is 3.10 bits per heavy atom. The van der Waals surface area contributed by atoms with Crippen LogP contribution in [0.25, 0.3) is 0 Å². The van der Waals surface area contributed by atoms with Crippen LogP contribution in [0.5, 0.6) is 5.75 Å². The molecule has 2 atom stereocenters. The minimum absolute atomic E-state index is 0.384. The van der Waals surface area contributed by atoms with Crippen molar-refractivity contribution in [2.24, 2.45) is 11.0 Å². The monoisotopic (exact) mass is 266 g/mol. The van der Waals surface area contributed by atoms with Gasteiger partial charge in [0.15, 0.2) is 0 Å². The lowest BCUT2D eigenvalue weighted by Gasteiger charge is -2.27. The number of hydrogen-bond acceptors (Lipinski definition) is 3. The number of ether oxygens (including phenoxy) is 1. The normalized spacial score (nSPS) is 26.4. The maximum Gasteiger partial charge on any atom is 0.119 e. The summed E-state index contributed by atoms with van der Waals surface area (Å²) in [5, 5.41) is 4.64. The number of benzene rings is 1. The van der Waals surface area contributed by atoms with E-state index in [4.69, 9.17) is 4.74 Å². The van der Waals surface area contributed by atoms with Crippen molar-refractivity contribution in [2.75, 3.05) is 7.11 Å². The molecule has 1 aliphatic heterocycles. The third-order valence-corrected chi connectivity index (χ3v) is 4.59. The molecular weight excluding hydrogens is 248 g/mol. The smallest absolute Gasteiger partial charge is 0.119 e. The van der Waals surface area contributed by atoms with Gasteiger partial charge in [0, 0.05) is 11.5 Å². The molecule has 1 aromatic rings. The highest BCUT2D eigenvalue weighted by Crippen LogP contribution is 2.36. The number of nitrogens with one attached hydrogen (secondary N) is 1. The molecule has 1 N–H and O–H groups in total. The Morgan fingerprint density at radius 1 is 1.35 bits per heavy atom. The van der Waals surface area contributed by atoms with Gasteiger partial charge in [-0.3, -0.25) is 0 Å². The van der Waals surface area contributed by atoms with Crippen LogP contribution in [0, 0.1) is 5.92 Å². The third kappa shape index (κ3) is 1.69. The van der Waals surface area contributed by atoms with Crippen LogP contribution in [0.4, 0.5) is 0 Å². The van der Waals surface area contributed by atoms with Gasteiger partial charge in [-0.05, 0) is 48.6 Å². The molecule has 102 valence electrons. The van der Waals surface area contributed by atoms with Crippen molar-refractivity contribution in [1.29, 1.82) is 0 Å². The highest BCUT2D eigenvalue weighted by atomic mass is 16.5. The van der Waals surface area contributed by atoms with E-state index in [1.807, 2.05) is 6.07 Å². The molecule has 0 spiro atoms. The first kappa shape index (κ1) is 11.8. The van der Waals surface area contributed by atoms with Crippen molar-refractivity contribution in [3.05, 3.63) is 53.1 Å². The van der Waals surface area contributed by atoms with Crippen LogP contribution in [0.2, 0.25) is 0 Å². The minimum Gasteiger partial charge on any atom is -0.497 e. The Bertz CT molecular complexity index is 642. The molecule has 3 heteroatoms. The van der Waals surface area contributed by atoms with E-state index in [0.29, 0.717) is 12.0 Å². The molecule has 4 rings (SSSR count). The molecule has 0 amide bonds. The van der Waals surface area contributed by atoms with Gasteiger partial charge in [0.25, 0.3) is 0 Å². The first-order chi connectivity index (χ1) is 9.86. The summed E-state index contributed by atoms with van der Waals surface area (Å²) in [6.07, 6.45) is 9.93. The summed E-state index contributed by atoms with van der Waals surface area (Å²) in [6, 6.07) is 6.73. The second kappa shape index (κ2) is 4.51. The number of fused-ring (bicyclic) bond motifs is 3. The predicted octanol–water partition coefficient (Wildman–Crippen LogP) is 2.82. The fourth-order valence-electron chi connectivity index (χ4n) is 3.53. The van der Waals surface area contributed by atoms with Gasteiger partial charge < -0.3 is 10.2 Å². The van der Waals surface area contributed by atoms with Crippen molar-refractivity contribution < 1.29 is 4.74 Å². The Kier molecular flexibility index (Phi) is 2.66. The quantitative estimate of drug-likeness (QED) is 0.893. The van der Waals surface area contributed by atoms with E-state index < -0.39 is 0 Å². The molecule has 0 saturated carbocycles. The Balaban J connectivity index is 1.66. The van der Waals surface area contributed by atoms with E-state index in [-0.39, 0.29) is 0 Å². The molecule has 3 nitrogen and oxygen atoms in total. The van der Waals surface area contributed by atoms with Crippen LogP contribution < -0.4 is 10.2 Å². The fourth-order valence-corrected chi connectivity index (χ4v) is 3.53. The number of hydrazone groups is 1. The number of methoxy groups -OCH3 is 1. The van der Waals surface area contributed by atoms with Crippen LogP contribution >= 0.6 is 0 Å². The average molecular weight is 266 g/mol. The summed E-state index contributed by atoms with van der Waals surface area (Å²) in [7, 11) is 1.72. The largest absolute Gasteiger partial charge is 0.497 e. The molecule has 0 aromatic heterocycles. The van der Waals surface area contributed by atoms with Crippen molar-refractivity contribution >= 4 is 5.71 Å². The number of nitrogens with zero attached hydrogens (tertiary/aromatic N) is 1. The zero-order chi connectivity index (χ0) is 13.5. The first-order valence-corrected chi connectivity index (χ1v) is 7.23. The predicted molar refractivity (Wildman–Crippen MR) is 80.1 cm³/mol. The second-order valence-electron chi connectivity index (χ2n) is 5.65. The SMILES string of the molecule is COc1ccc2c(c1)CCC1C2=NNC1C1=CC=CC1. The zero-order valence-electron chi connectivity index (χ0n) is 11.6. The maximum atomic E-state index is 5.32. The van der Waals surface area contributed by atoms with Gasteiger partial charge in [-0.1, -0.05) is 18.2 Å². The average Bonchev–Trinajstić information content (AvgIpc) is 3.15. The van der Waals surface area contributed by atoms with Crippen LogP contribution in [-0.2, 0) is 6.42 Å². The van der Waals surface area contributed by atoms with Crippen LogP contribution in [-0.4, -0.2) is 18.9 Å². The highest BCUT2D eigenvalue weighted by molar-refractivity contribution is 6.06. The third-order valence-electron chi connectivity index (χ3n) is 4.59. The highest BCUT2D eigenvalue weighted by Gasteiger charge is 2.37. The Morgan fingerprint density at radius 2 is 2.30 bits per heavy atom. The van der Waals surface area contributed by atoms with E-state index in [9.17, 15) is 0 Å². The lowest BCUT2D eigenvalue weighted by atomic mass is 9.77. The molecule has 2 aliphatic carbocycles. The van der Waals surface area contributed by atoms with Crippen molar-refractivity contribution in [3.8, 4) is 5.75 Å². The van der Waals surface area contributed by atoms with Crippen LogP contribution in [0.15, 0.2) is 47.1 Å². The molecule has 2 unspecified atom stereocenters. The summed E-state index contributed by atoms with van der Waals surface area (Å²) in [4.78, 5) is 0. The van der Waals surface area contributed by atoms with Crippen molar-refractivity contribution in [1.82, 2.24) is 5.43 Å². The van der Waals surface area contributed by atoms with E-state index in [1.54, 1.807) is 7.11 Å². The lowest BCUT2D eigenvalue weighted by molar-refractivity contribution is 0.413. The van der Waals surface area contributed by atoms with Crippen molar-refractivity contribution in [2.45, 2.75) is 25.3 Å². The Labute approximate surface area is 119 Å². The number of allylic oxidation sites excluding steroid dienone is 3. The zero-order valence-corrected chi connectivity index (χ0v) is 11.6. The van der Waals surface area contributed by atoms with E-state index in [2.05, 4.69) is 40.9 Å². The lowest BCUT2D eigenvalue weighted by Crippen LogP contribution is -2.34. The molecule has 1 aromatic carbocycles. The Hall–Kier alpha value is -2.03. The van der Waals surface area contributed by atoms with Crippen LogP contribution in [0.1, 0.15) is 24.0 Å². The summed E-state index contributed by atoms with van der Waals surface area (Å²) in [5.41, 5.74) is 8.71. The molecule has 1 heterocycles. The number of rotatable bonds is 2. The maximum absolute atomic E-state index is 5.32. The summed E-state index contributed by atoms with van der Waals surface area (Å²) < 4.78 is 5.32. The topological polar surface area (TPSA) is 33.6 Å². The summed E-state index contributed by atoms with van der Waals surface area (Å²) in [6.45, 7) is 0. The van der Waals surface area contributed by atoms with Gasteiger partial charge >= 0.3 is 0 Å². The van der Waals surface area contributed by atoms with Gasteiger partial charge in [0.1, 0.15) is 5.75 Å². The van der Waals surface area contributed by atoms with Gasteiger partial charge in [0.2, 0.25) is 0 Å². The molecule has 20 heavy (non-hydrogen) atoms. The molecule has 0 bridgehead atoms. The van der Waals surface area contributed by atoms with E-state index in [1.165, 1.54) is 22.4 Å².